The van der Waals surface area contributed by atoms with Gasteiger partial charge in [-0.15, -0.1) is 0 Å². The van der Waals surface area contributed by atoms with E-state index in [1.54, 1.807) is 25.1 Å². The first-order valence-corrected chi connectivity index (χ1v) is 8.45. The Labute approximate surface area is 150 Å². The first-order valence-electron chi connectivity index (χ1n) is 6.88. The molecule has 0 bridgehead atoms. The van der Waals surface area contributed by atoms with E-state index in [0.717, 1.165) is 0 Å². The molecule has 0 radical (unpaired) electrons. The Morgan fingerprint density at radius 2 is 2.08 bits per heavy atom. The van der Waals surface area contributed by atoms with Crippen LogP contribution in [0.15, 0.2) is 29.1 Å². The summed E-state index contributed by atoms with van der Waals surface area (Å²) in [7, 11) is 0. The Bertz CT molecular complexity index is 984. The number of aromatic nitrogens is 3. The second-order valence-corrected chi connectivity index (χ2v) is 6.87. The van der Waals surface area contributed by atoms with Gasteiger partial charge in [0.2, 0.25) is 4.96 Å². The largest absolute Gasteiger partial charge is 0.458 e. The number of aryl methyl sites for hydroxylation is 1. The monoisotopic (exact) mass is 383 g/mol. The molecule has 0 unspecified atom stereocenters. The zero-order valence-electron chi connectivity index (χ0n) is 12.5. The predicted molar refractivity (Wildman–Crippen MR) is 91.8 cm³/mol. The summed E-state index contributed by atoms with van der Waals surface area (Å²) in [5, 5.41) is 5.41. The van der Waals surface area contributed by atoms with Gasteiger partial charge in [-0.1, -0.05) is 40.6 Å². The summed E-state index contributed by atoms with van der Waals surface area (Å²) in [5.74, 6) is -0.427. The van der Waals surface area contributed by atoms with E-state index in [0.29, 0.717) is 31.3 Å². The van der Waals surface area contributed by atoms with Crippen molar-refractivity contribution >= 4 is 45.5 Å². The van der Waals surface area contributed by atoms with Crippen LogP contribution in [0.25, 0.3) is 4.96 Å². The minimum Gasteiger partial charge on any atom is -0.458 e. The summed E-state index contributed by atoms with van der Waals surface area (Å²) in [6.45, 7) is 1.71. The smallest absolute Gasteiger partial charge is 0.310 e. The quantitative estimate of drug-likeness (QED) is 0.647. The molecule has 124 valence electrons. The number of ether oxygens (including phenoxy) is 1. The van der Waals surface area contributed by atoms with Gasteiger partial charge in [0.15, 0.2) is 5.01 Å². The number of nitrogens with zero attached hydrogens (tertiary/aromatic N) is 3. The van der Waals surface area contributed by atoms with Crippen LogP contribution >= 0.6 is 34.5 Å². The fourth-order valence-corrected chi connectivity index (χ4v) is 3.21. The van der Waals surface area contributed by atoms with Crippen LogP contribution in [0, 0.1) is 6.92 Å². The number of halogens is 2. The van der Waals surface area contributed by atoms with E-state index in [4.69, 9.17) is 27.9 Å². The topological polar surface area (TPSA) is 73.6 Å². The van der Waals surface area contributed by atoms with Crippen LogP contribution in [-0.2, 0) is 22.6 Å². The number of esters is 1. The molecule has 9 heteroatoms. The summed E-state index contributed by atoms with van der Waals surface area (Å²) < 4.78 is 6.39. The van der Waals surface area contributed by atoms with Gasteiger partial charge in [0.05, 0.1) is 16.5 Å². The lowest BCUT2D eigenvalue weighted by molar-refractivity contribution is -0.144. The van der Waals surface area contributed by atoms with Gasteiger partial charge in [-0.3, -0.25) is 9.59 Å². The number of carbonyl (C=O) groups excluding carboxylic acids is 1. The maximum atomic E-state index is 11.9. The average molecular weight is 384 g/mol. The third-order valence-corrected chi connectivity index (χ3v) is 4.72. The number of carbonyl (C=O) groups is 1. The molecule has 2 heterocycles. The van der Waals surface area contributed by atoms with Crippen LogP contribution in [0.5, 0.6) is 0 Å². The normalized spacial score (nSPS) is 11.0. The van der Waals surface area contributed by atoms with Crippen molar-refractivity contribution in [3.05, 3.63) is 60.9 Å². The lowest BCUT2D eigenvalue weighted by atomic mass is 10.1. The number of hydrogen-bond acceptors (Lipinski definition) is 6. The first-order chi connectivity index (χ1) is 11.4. The van der Waals surface area contributed by atoms with Crippen LogP contribution in [-0.4, -0.2) is 20.6 Å². The zero-order chi connectivity index (χ0) is 17.3. The summed E-state index contributed by atoms with van der Waals surface area (Å²) in [6.07, 6.45) is 0.0685. The van der Waals surface area contributed by atoms with Crippen LogP contribution in [0.4, 0.5) is 0 Å². The number of fused-ring (bicyclic) bond motifs is 1. The molecule has 2 aromatic heterocycles. The first kappa shape index (κ1) is 16.9. The van der Waals surface area contributed by atoms with E-state index >= 15 is 0 Å². The second-order valence-electron chi connectivity index (χ2n) is 5.01. The molecule has 0 atom stereocenters. The molecule has 0 aliphatic rings. The maximum Gasteiger partial charge on any atom is 0.310 e. The SMILES string of the molecule is Cc1cc(=O)n2nc(COC(=O)Cc3ccc(Cl)c(Cl)c3)sc2n1. The second kappa shape index (κ2) is 6.88. The van der Waals surface area contributed by atoms with Crippen LogP contribution in [0.2, 0.25) is 10.0 Å². The highest BCUT2D eigenvalue weighted by atomic mass is 35.5. The average Bonchev–Trinajstić information content (AvgIpc) is 2.92. The molecule has 0 saturated carbocycles. The molecule has 24 heavy (non-hydrogen) atoms. The van der Waals surface area contributed by atoms with E-state index < -0.39 is 5.97 Å². The molecule has 6 nitrogen and oxygen atoms in total. The summed E-state index contributed by atoms with van der Waals surface area (Å²) in [4.78, 5) is 28.4. The fraction of sp³-hybridized carbons (Fsp3) is 0.200. The predicted octanol–water partition coefficient (Wildman–Crippen LogP) is 3.05. The third-order valence-electron chi connectivity index (χ3n) is 3.10. The van der Waals surface area contributed by atoms with Crippen LogP contribution < -0.4 is 5.56 Å². The van der Waals surface area contributed by atoms with Gasteiger partial charge in [0.1, 0.15) is 6.61 Å². The molecule has 0 spiro atoms. The standard InChI is InChI=1S/C15H11Cl2N3O3S/c1-8-4-13(21)20-15(18-8)24-12(19-20)7-23-14(22)6-9-2-3-10(16)11(17)5-9/h2-5H,6-7H2,1H3. The van der Waals surface area contributed by atoms with Gasteiger partial charge < -0.3 is 4.74 Å². The van der Waals surface area contributed by atoms with Gasteiger partial charge in [-0.05, 0) is 24.6 Å². The van der Waals surface area contributed by atoms with Crippen molar-refractivity contribution < 1.29 is 9.53 Å². The molecular formula is C15H11Cl2N3O3S. The lowest BCUT2D eigenvalue weighted by Gasteiger charge is -2.04. The van der Waals surface area contributed by atoms with Crippen LogP contribution in [0.3, 0.4) is 0 Å². The maximum absolute atomic E-state index is 11.9. The molecule has 0 amide bonds. The zero-order valence-corrected chi connectivity index (χ0v) is 14.8. The van der Waals surface area contributed by atoms with Crippen molar-refractivity contribution in [2.75, 3.05) is 0 Å². The van der Waals surface area contributed by atoms with Gasteiger partial charge in [-0.2, -0.15) is 9.61 Å². The van der Waals surface area contributed by atoms with Gasteiger partial charge in [-0.25, -0.2) is 4.98 Å². The minimum atomic E-state index is -0.427. The molecule has 0 aliphatic heterocycles. The highest BCUT2D eigenvalue weighted by Gasteiger charge is 2.11. The Kier molecular flexibility index (Phi) is 4.84. The molecular weight excluding hydrogens is 373 g/mol. The van der Waals surface area contributed by atoms with E-state index in [1.807, 2.05) is 0 Å². The van der Waals surface area contributed by atoms with Gasteiger partial charge in [0, 0.05) is 11.8 Å². The molecule has 0 saturated heterocycles. The summed E-state index contributed by atoms with van der Waals surface area (Å²) in [5.41, 5.74) is 1.06. The lowest BCUT2D eigenvalue weighted by Crippen LogP contribution is -2.14. The molecule has 3 aromatic rings. The Balaban J connectivity index is 1.67. The number of benzene rings is 1. The fourth-order valence-electron chi connectivity index (χ4n) is 2.03. The van der Waals surface area contributed by atoms with Crippen LogP contribution in [0.1, 0.15) is 16.3 Å². The number of rotatable bonds is 4. The van der Waals surface area contributed by atoms with Gasteiger partial charge >= 0.3 is 5.97 Å². The van der Waals surface area contributed by atoms with E-state index in [1.165, 1.54) is 21.9 Å². The molecule has 0 fully saturated rings. The summed E-state index contributed by atoms with van der Waals surface area (Å²) in [6, 6.07) is 6.35. The highest BCUT2D eigenvalue weighted by molar-refractivity contribution is 7.16. The Morgan fingerprint density at radius 3 is 2.83 bits per heavy atom. The van der Waals surface area contributed by atoms with Crippen molar-refractivity contribution in [1.82, 2.24) is 14.6 Å². The van der Waals surface area contributed by atoms with Crippen molar-refractivity contribution in [2.24, 2.45) is 0 Å². The highest BCUT2D eigenvalue weighted by Crippen LogP contribution is 2.23. The molecule has 0 aliphatic carbocycles. The van der Waals surface area contributed by atoms with Crippen molar-refractivity contribution in [3.8, 4) is 0 Å². The van der Waals surface area contributed by atoms with Crippen molar-refractivity contribution in [3.63, 3.8) is 0 Å². The summed E-state index contributed by atoms with van der Waals surface area (Å²) >= 11 is 12.9. The third kappa shape index (κ3) is 3.75. The van der Waals surface area contributed by atoms with Crippen molar-refractivity contribution in [1.29, 1.82) is 0 Å². The van der Waals surface area contributed by atoms with E-state index in [9.17, 15) is 9.59 Å². The van der Waals surface area contributed by atoms with Gasteiger partial charge in [0.25, 0.3) is 5.56 Å². The minimum absolute atomic E-state index is 0.0212. The van der Waals surface area contributed by atoms with E-state index in [-0.39, 0.29) is 18.6 Å². The molecule has 3 rings (SSSR count). The number of hydrogen-bond donors (Lipinski definition) is 0. The molecule has 1 aromatic carbocycles. The van der Waals surface area contributed by atoms with Crippen molar-refractivity contribution in [2.45, 2.75) is 20.0 Å². The molecule has 0 N–H and O–H groups in total. The Morgan fingerprint density at radius 1 is 1.29 bits per heavy atom. The Hall–Kier alpha value is -1.96. The van der Waals surface area contributed by atoms with E-state index in [2.05, 4.69) is 10.1 Å².